The minimum absolute atomic E-state index is 0.0403. The van der Waals surface area contributed by atoms with E-state index in [0.29, 0.717) is 12.3 Å². The topological polar surface area (TPSA) is 86.0 Å². The Bertz CT molecular complexity index is 799. The second-order valence-electron chi connectivity index (χ2n) is 9.83. The van der Waals surface area contributed by atoms with Crippen LogP contribution in [0.2, 0.25) is 0 Å². The van der Waals surface area contributed by atoms with E-state index in [-0.39, 0.29) is 35.1 Å². The molecule has 0 bridgehead atoms. The summed E-state index contributed by atoms with van der Waals surface area (Å²) in [6, 6.07) is 0. The molecule has 154 valence electrons. The van der Waals surface area contributed by atoms with E-state index in [1.54, 1.807) is 0 Å². The Morgan fingerprint density at radius 2 is 2.00 bits per heavy atom. The smallest absolute Gasteiger partial charge is 0.302 e. The monoisotopic (exact) mass is 390 g/mol. The standard InChI is InChI=1S/C22H30O6/c1-13(23)27-12-22(4)18-7-8-20(2)15-11-26-10-14(15)5-6-17(20)21(18,3)9-16(24)19(22)28-25/h10-11,17-19,25H,5-9,12H2,1-4H3/t17?,18?,19-,20+,21-,22-/m1/s1. The van der Waals surface area contributed by atoms with Gasteiger partial charge >= 0.3 is 5.97 Å². The molecule has 1 aromatic rings. The minimum Gasteiger partial charge on any atom is -0.472 e. The molecule has 1 N–H and O–H groups in total. The number of esters is 1. The second-order valence-corrected chi connectivity index (χ2v) is 9.83. The number of furan rings is 1. The summed E-state index contributed by atoms with van der Waals surface area (Å²) < 4.78 is 10.9. The van der Waals surface area contributed by atoms with Crippen LogP contribution in [0.25, 0.3) is 0 Å². The zero-order chi connectivity index (χ0) is 20.3. The Morgan fingerprint density at radius 3 is 2.68 bits per heavy atom. The van der Waals surface area contributed by atoms with Gasteiger partial charge < -0.3 is 9.15 Å². The van der Waals surface area contributed by atoms with Crippen molar-refractivity contribution in [3.8, 4) is 0 Å². The molecule has 4 rings (SSSR count). The molecule has 0 amide bonds. The molecule has 0 saturated heterocycles. The number of rotatable bonds is 3. The predicted molar refractivity (Wildman–Crippen MR) is 101 cm³/mol. The fourth-order valence-electron chi connectivity index (χ4n) is 7.17. The first kappa shape index (κ1) is 19.6. The highest BCUT2D eigenvalue weighted by molar-refractivity contribution is 5.86. The minimum atomic E-state index is -0.970. The maximum atomic E-state index is 13.1. The van der Waals surface area contributed by atoms with Crippen LogP contribution in [0.3, 0.4) is 0 Å². The van der Waals surface area contributed by atoms with E-state index in [1.807, 2.05) is 19.5 Å². The van der Waals surface area contributed by atoms with Crippen LogP contribution >= 0.6 is 0 Å². The van der Waals surface area contributed by atoms with Crippen LogP contribution in [0.15, 0.2) is 16.9 Å². The van der Waals surface area contributed by atoms with Gasteiger partial charge in [0.1, 0.15) is 0 Å². The highest BCUT2D eigenvalue weighted by Gasteiger charge is 2.66. The number of carbonyl (C=O) groups is 2. The number of ether oxygens (including phenoxy) is 1. The Kier molecular flexibility index (Phi) is 4.51. The van der Waals surface area contributed by atoms with Gasteiger partial charge in [0.15, 0.2) is 11.9 Å². The van der Waals surface area contributed by atoms with E-state index < -0.39 is 11.5 Å². The number of Topliss-reactive ketones (excluding diaryl/α,β-unsaturated/α-hetero) is 1. The molecule has 2 saturated carbocycles. The van der Waals surface area contributed by atoms with Crippen molar-refractivity contribution in [3.63, 3.8) is 0 Å². The molecule has 1 aromatic heterocycles. The molecule has 0 radical (unpaired) electrons. The van der Waals surface area contributed by atoms with Gasteiger partial charge in [0, 0.05) is 18.8 Å². The molecule has 3 aliphatic carbocycles. The van der Waals surface area contributed by atoms with Crippen LogP contribution in [0.4, 0.5) is 0 Å². The lowest BCUT2D eigenvalue weighted by Gasteiger charge is -2.64. The second kappa shape index (κ2) is 6.42. The lowest BCUT2D eigenvalue weighted by Crippen LogP contribution is -2.65. The quantitative estimate of drug-likeness (QED) is 0.478. The number of hydrogen-bond acceptors (Lipinski definition) is 6. The number of carbonyl (C=O) groups excluding carboxylic acids is 2. The Balaban J connectivity index is 1.77. The van der Waals surface area contributed by atoms with E-state index in [1.165, 1.54) is 18.1 Å². The molecule has 3 aliphatic rings. The zero-order valence-corrected chi connectivity index (χ0v) is 17.1. The maximum Gasteiger partial charge on any atom is 0.302 e. The summed E-state index contributed by atoms with van der Waals surface area (Å²) in [6.45, 7) is 7.87. The molecular formula is C22H30O6. The first-order valence-electron chi connectivity index (χ1n) is 10.2. The molecule has 1 heterocycles. The SMILES string of the molecule is CC(=O)OC[C@]1(C)C2CC[C@@]3(C)c4cocc4CCC3[C@@]2(C)CC(=O)[C@H]1OO. The van der Waals surface area contributed by atoms with Crippen LogP contribution in [-0.2, 0) is 31.0 Å². The zero-order valence-electron chi connectivity index (χ0n) is 17.1. The van der Waals surface area contributed by atoms with Crippen molar-refractivity contribution in [2.24, 2.45) is 22.7 Å². The molecule has 2 unspecified atom stereocenters. The van der Waals surface area contributed by atoms with Crippen molar-refractivity contribution in [1.82, 2.24) is 0 Å². The number of fused-ring (bicyclic) bond motifs is 5. The van der Waals surface area contributed by atoms with Gasteiger partial charge in [0.2, 0.25) is 0 Å². The lowest BCUT2D eigenvalue weighted by atomic mass is 9.40. The van der Waals surface area contributed by atoms with Gasteiger partial charge in [-0.05, 0) is 59.5 Å². The first-order valence-corrected chi connectivity index (χ1v) is 10.2. The third kappa shape index (κ3) is 2.53. The number of ketones is 1. The Morgan fingerprint density at radius 1 is 1.25 bits per heavy atom. The van der Waals surface area contributed by atoms with Crippen molar-refractivity contribution in [3.05, 3.63) is 23.7 Å². The van der Waals surface area contributed by atoms with Crippen LogP contribution < -0.4 is 0 Å². The van der Waals surface area contributed by atoms with Crippen LogP contribution in [-0.4, -0.2) is 29.7 Å². The van der Waals surface area contributed by atoms with E-state index in [9.17, 15) is 14.8 Å². The molecule has 6 heteroatoms. The molecule has 0 spiro atoms. The molecule has 0 aromatic carbocycles. The third-order valence-electron chi connectivity index (χ3n) is 8.31. The van der Waals surface area contributed by atoms with E-state index in [0.717, 1.165) is 25.7 Å². The summed E-state index contributed by atoms with van der Waals surface area (Å²) in [5.41, 5.74) is 1.49. The number of aryl methyl sites for hydroxylation is 1. The van der Waals surface area contributed by atoms with Crippen molar-refractivity contribution in [1.29, 1.82) is 0 Å². The van der Waals surface area contributed by atoms with Gasteiger partial charge in [-0.3, -0.25) is 14.8 Å². The van der Waals surface area contributed by atoms with E-state index in [4.69, 9.17) is 14.0 Å². The summed E-state index contributed by atoms with van der Waals surface area (Å²) in [5.74, 6) is -0.0954. The van der Waals surface area contributed by atoms with Crippen LogP contribution in [0.5, 0.6) is 0 Å². The number of hydrogen-bond donors (Lipinski definition) is 1. The van der Waals surface area contributed by atoms with Crippen molar-refractivity contribution in [2.45, 2.75) is 71.3 Å². The van der Waals surface area contributed by atoms with Crippen molar-refractivity contribution >= 4 is 11.8 Å². The molecule has 28 heavy (non-hydrogen) atoms. The molecule has 6 nitrogen and oxygen atoms in total. The normalized spacial score (nSPS) is 42.3. The average molecular weight is 390 g/mol. The van der Waals surface area contributed by atoms with Gasteiger partial charge in [0.05, 0.1) is 19.1 Å². The van der Waals surface area contributed by atoms with Gasteiger partial charge in [0.25, 0.3) is 0 Å². The summed E-state index contributed by atoms with van der Waals surface area (Å²) in [4.78, 5) is 29.3. The van der Waals surface area contributed by atoms with Gasteiger partial charge in [-0.15, -0.1) is 0 Å². The fraction of sp³-hybridized carbons (Fsp3) is 0.727. The highest BCUT2D eigenvalue weighted by atomic mass is 17.1. The van der Waals surface area contributed by atoms with Gasteiger partial charge in [-0.25, -0.2) is 4.89 Å². The highest BCUT2D eigenvalue weighted by Crippen LogP contribution is 2.66. The maximum absolute atomic E-state index is 13.1. The van der Waals surface area contributed by atoms with E-state index >= 15 is 0 Å². The van der Waals surface area contributed by atoms with Crippen LogP contribution in [0, 0.1) is 22.7 Å². The summed E-state index contributed by atoms with van der Waals surface area (Å²) in [5, 5.41) is 9.55. The Hall–Kier alpha value is -1.66. The Labute approximate surface area is 165 Å². The average Bonchev–Trinajstić information content (AvgIpc) is 3.10. The first-order chi connectivity index (χ1) is 13.2. The van der Waals surface area contributed by atoms with E-state index in [2.05, 4.69) is 13.8 Å². The summed E-state index contributed by atoms with van der Waals surface area (Å²) in [6.07, 6.45) is 6.92. The molecule has 0 aliphatic heterocycles. The van der Waals surface area contributed by atoms with Gasteiger partial charge in [-0.1, -0.05) is 20.8 Å². The van der Waals surface area contributed by atoms with Crippen LogP contribution in [0.1, 0.15) is 64.5 Å². The molecule has 2 fully saturated rings. The van der Waals surface area contributed by atoms with Crippen molar-refractivity contribution < 1.29 is 28.9 Å². The summed E-state index contributed by atoms with van der Waals surface area (Å²) in [7, 11) is 0. The largest absolute Gasteiger partial charge is 0.472 e. The third-order valence-corrected chi connectivity index (χ3v) is 8.31. The van der Waals surface area contributed by atoms with Gasteiger partial charge in [-0.2, -0.15) is 0 Å². The summed E-state index contributed by atoms with van der Waals surface area (Å²) >= 11 is 0. The molecule has 6 atom stereocenters. The van der Waals surface area contributed by atoms with Crippen molar-refractivity contribution in [2.75, 3.05) is 6.61 Å². The fourth-order valence-corrected chi connectivity index (χ4v) is 7.17. The predicted octanol–water partition coefficient (Wildman–Crippen LogP) is 3.92. The molecular weight excluding hydrogens is 360 g/mol. The lowest BCUT2D eigenvalue weighted by molar-refractivity contribution is -0.317.